The zero-order chi connectivity index (χ0) is 15.2. The maximum absolute atomic E-state index is 12.0. The van der Waals surface area contributed by atoms with Gasteiger partial charge in [0, 0.05) is 19.5 Å². The molecule has 1 aromatic carbocycles. The molecule has 114 valence electrons. The van der Waals surface area contributed by atoms with Crippen LogP contribution in [0.25, 0.3) is 0 Å². The van der Waals surface area contributed by atoms with Crippen molar-refractivity contribution in [1.29, 1.82) is 0 Å². The molecule has 0 N–H and O–H groups in total. The molecule has 0 fully saturated rings. The summed E-state index contributed by atoms with van der Waals surface area (Å²) in [5.41, 5.74) is 0. The van der Waals surface area contributed by atoms with Crippen LogP contribution in [0.1, 0.15) is 6.92 Å². The molecule has 0 saturated carbocycles. The van der Waals surface area contributed by atoms with Gasteiger partial charge in [-0.2, -0.15) is 0 Å². The van der Waals surface area contributed by atoms with Crippen molar-refractivity contribution in [2.75, 3.05) is 31.8 Å². The first-order valence-electron chi connectivity index (χ1n) is 6.24. The van der Waals surface area contributed by atoms with E-state index in [2.05, 4.69) is 0 Å². The van der Waals surface area contributed by atoms with Crippen LogP contribution in [0.4, 0.5) is 0 Å². The first-order chi connectivity index (χ1) is 9.36. The first kappa shape index (κ1) is 17.6. The highest BCUT2D eigenvalue weighted by Gasteiger charge is 2.20. The number of rotatable bonds is 8. The molecule has 0 saturated heterocycles. The summed E-state index contributed by atoms with van der Waals surface area (Å²) in [6.07, 6.45) is 0. The third-order valence-electron chi connectivity index (χ3n) is 2.73. The summed E-state index contributed by atoms with van der Waals surface area (Å²) < 4.78 is 30.7. The zero-order valence-electron chi connectivity index (χ0n) is 11.6. The molecule has 0 amide bonds. The molecule has 0 spiro atoms. The molecule has 0 radical (unpaired) electrons. The van der Waals surface area contributed by atoms with Crippen LogP contribution in [0.5, 0.6) is 5.75 Å². The second-order valence-electron chi connectivity index (χ2n) is 4.64. The number of para-hydroxylation sites is 1. The SMILES string of the molecule is CC(CCl)CS(=O)(=O)N(C)CCOc1ccccc1Cl. The van der Waals surface area contributed by atoms with E-state index in [-0.39, 0.29) is 24.8 Å². The van der Waals surface area contributed by atoms with Gasteiger partial charge >= 0.3 is 0 Å². The predicted molar refractivity (Wildman–Crippen MR) is 83.2 cm³/mol. The minimum atomic E-state index is -3.30. The van der Waals surface area contributed by atoms with Crippen LogP contribution >= 0.6 is 23.2 Å². The van der Waals surface area contributed by atoms with Crippen LogP contribution in [-0.2, 0) is 10.0 Å². The fraction of sp³-hybridized carbons (Fsp3) is 0.538. The molecule has 1 unspecified atom stereocenters. The van der Waals surface area contributed by atoms with E-state index in [1.807, 2.05) is 6.07 Å². The van der Waals surface area contributed by atoms with E-state index in [0.29, 0.717) is 16.7 Å². The zero-order valence-corrected chi connectivity index (χ0v) is 13.9. The van der Waals surface area contributed by atoms with Crippen LogP contribution in [0, 0.1) is 5.92 Å². The van der Waals surface area contributed by atoms with E-state index in [9.17, 15) is 8.42 Å². The largest absolute Gasteiger partial charge is 0.491 e. The molecule has 0 bridgehead atoms. The monoisotopic (exact) mass is 339 g/mol. The fourth-order valence-electron chi connectivity index (χ4n) is 1.52. The Bertz CT molecular complexity index is 522. The van der Waals surface area contributed by atoms with Gasteiger partial charge in [-0.3, -0.25) is 0 Å². The minimum absolute atomic E-state index is 0.0408. The van der Waals surface area contributed by atoms with Gasteiger partial charge < -0.3 is 4.74 Å². The summed E-state index contributed by atoms with van der Waals surface area (Å²) in [7, 11) is -1.77. The van der Waals surface area contributed by atoms with Crippen molar-refractivity contribution in [3.05, 3.63) is 29.3 Å². The van der Waals surface area contributed by atoms with E-state index in [0.717, 1.165) is 0 Å². The van der Waals surface area contributed by atoms with E-state index < -0.39 is 10.0 Å². The maximum Gasteiger partial charge on any atom is 0.214 e. The van der Waals surface area contributed by atoms with Gasteiger partial charge in [-0.25, -0.2) is 12.7 Å². The summed E-state index contributed by atoms with van der Waals surface area (Å²) in [5, 5.41) is 0.508. The lowest BCUT2D eigenvalue weighted by Gasteiger charge is -2.19. The van der Waals surface area contributed by atoms with Crippen LogP contribution in [-0.4, -0.2) is 44.6 Å². The van der Waals surface area contributed by atoms with Gasteiger partial charge in [-0.05, 0) is 18.1 Å². The number of halogens is 2. The number of likely N-dealkylation sites (N-methyl/N-ethyl adjacent to an activating group) is 1. The lowest BCUT2D eigenvalue weighted by molar-refractivity contribution is 0.286. The third kappa shape index (κ3) is 5.48. The molecule has 1 aromatic rings. The number of alkyl halides is 1. The Morgan fingerprint density at radius 3 is 2.60 bits per heavy atom. The normalized spacial score (nSPS) is 13.4. The third-order valence-corrected chi connectivity index (χ3v) is 5.70. The number of ether oxygens (including phenoxy) is 1. The van der Waals surface area contributed by atoms with Gasteiger partial charge in [0.05, 0.1) is 10.8 Å². The first-order valence-corrected chi connectivity index (χ1v) is 8.76. The second kappa shape index (κ2) is 8.08. The van der Waals surface area contributed by atoms with Crippen molar-refractivity contribution in [1.82, 2.24) is 4.31 Å². The molecule has 4 nitrogen and oxygen atoms in total. The highest BCUT2D eigenvalue weighted by atomic mass is 35.5. The van der Waals surface area contributed by atoms with Crippen LogP contribution in [0.15, 0.2) is 24.3 Å². The molecule has 1 rings (SSSR count). The Labute approximate surface area is 130 Å². The van der Waals surface area contributed by atoms with Crippen molar-refractivity contribution in [2.24, 2.45) is 5.92 Å². The van der Waals surface area contributed by atoms with Gasteiger partial charge in [0.2, 0.25) is 10.0 Å². The van der Waals surface area contributed by atoms with Crippen LogP contribution in [0.2, 0.25) is 5.02 Å². The lowest BCUT2D eigenvalue weighted by atomic mass is 10.3. The number of benzene rings is 1. The molecule has 0 heterocycles. The fourth-order valence-corrected chi connectivity index (χ4v) is 3.39. The maximum atomic E-state index is 12.0. The number of nitrogens with zero attached hydrogens (tertiary/aromatic N) is 1. The van der Waals surface area contributed by atoms with Gasteiger partial charge in [0.1, 0.15) is 12.4 Å². The van der Waals surface area contributed by atoms with Crippen molar-refractivity contribution >= 4 is 33.2 Å². The Morgan fingerprint density at radius 1 is 1.35 bits per heavy atom. The summed E-state index contributed by atoms with van der Waals surface area (Å²) in [5.74, 6) is 0.838. The highest BCUT2D eigenvalue weighted by molar-refractivity contribution is 7.89. The summed E-state index contributed by atoms with van der Waals surface area (Å²) in [4.78, 5) is 0. The number of hydrogen-bond donors (Lipinski definition) is 0. The Morgan fingerprint density at radius 2 is 2.00 bits per heavy atom. The van der Waals surface area contributed by atoms with Crippen molar-refractivity contribution in [3.63, 3.8) is 0 Å². The summed E-state index contributed by atoms with van der Waals surface area (Å²) in [6.45, 7) is 2.32. The van der Waals surface area contributed by atoms with Gasteiger partial charge in [0.15, 0.2) is 0 Å². The molecular formula is C13H19Cl2NO3S. The second-order valence-corrected chi connectivity index (χ2v) is 7.47. The molecule has 0 aromatic heterocycles. The Balaban J connectivity index is 2.47. The Hall–Kier alpha value is -0.490. The molecule has 1 atom stereocenters. The highest BCUT2D eigenvalue weighted by Crippen LogP contribution is 2.22. The molecule has 0 aliphatic rings. The molecule has 20 heavy (non-hydrogen) atoms. The summed E-state index contributed by atoms with van der Waals surface area (Å²) in [6, 6.07) is 7.08. The molecule has 7 heteroatoms. The minimum Gasteiger partial charge on any atom is -0.491 e. The van der Waals surface area contributed by atoms with Gasteiger partial charge in [-0.15, -0.1) is 11.6 Å². The van der Waals surface area contributed by atoms with E-state index in [4.69, 9.17) is 27.9 Å². The summed E-state index contributed by atoms with van der Waals surface area (Å²) >= 11 is 11.6. The molecule has 0 aliphatic carbocycles. The van der Waals surface area contributed by atoms with E-state index in [1.54, 1.807) is 25.1 Å². The lowest BCUT2D eigenvalue weighted by Crippen LogP contribution is -2.34. The van der Waals surface area contributed by atoms with Crippen molar-refractivity contribution in [3.8, 4) is 5.75 Å². The van der Waals surface area contributed by atoms with E-state index in [1.165, 1.54) is 11.4 Å². The van der Waals surface area contributed by atoms with Crippen LogP contribution in [0.3, 0.4) is 0 Å². The van der Waals surface area contributed by atoms with Gasteiger partial charge in [0.25, 0.3) is 0 Å². The standard InChI is InChI=1S/C13H19Cl2NO3S/c1-11(9-14)10-20(17,18)16(2)7-8-19-13-6-4-3-5-12(13)15/h3-6,11H,7-10H2,1-2H3. The molecule has 0 aliphatic heterocycles. The number of hydrogen-bond acceptors (Lipinski definition) is 3. The average Bonchev–Trinajstić information content (AvgIpc) is 2.40. The van der Waals surface area contributed by atoms with Gasteiger partial charge in [-0.1, -0.05) is 30.7 Å². The van der Waals surface area contributed by atoms with E-state index >= 15 is 0 Å². The van der Waals surface area contributed by atoms with Crippen molar-refractivity contribution in [2.45, 2.75) is 6.92 Å². The smallest absolute Gasteiger partial charge is 0.214 e. The topological polar surface area (TPSA) is 46.6 Å². The van der Waals surface area contributed by atoms with Crippen molar-refractivity contribution < 1.29 is 13.2 Å². The van der Waals surface area contributed by atoms with Crippen LogP contribution < -0.4 is 4.74 Å². The predicted octanol–water partition coefficient (Wildman–Crippen LogP) is 2.86. The number of sulfonamides is 1. The Kier molecular flexibility index (Phi) is 7.09. The average molecular weight is 340 g/mol. The quantitative estimate of drug-likeness (QED) is 0.684. The molecular weight excluding hydrogens is 321 g/mol.